The van der Waals surface area contributed by atoms with Gasteiger partial charge in [-0.2, -0.15) is 0 Å². The Bertz CT molecular complexity index is 1030. The number of aliphatic hydroxyl groups is 1. The number of hydrogen-bond donors (Lipinski definition) is 2. The van der Waals surface area contributed by atoms with E-state index in [0.717, 1.165) is 29.7 Å². The Morgan fingerprint density at radius 2 is 1.34 bits per heavy atom. The molecule has 38 heavy (non-hydrogen) atoms. The Morgan fingerprint density at radius 1 is 0.868 bits per heavy atom. The average Bonchev–Trinajstić information content (AvgIpc) is 2.84. The van der Waals surface area contributed by atoms with Gasteiger partial charge in [-0.1, -0.05) is 64.1 Å². The monoisotopic (exact) mass is 525 g/mol. The number of nitrogens with two attached hydrogens (primary N) is 1. The normalized spacial score (nSPS) is 12.2. The van der Waals surface area contributed by atoms with Gasteiger partial charge in [0.05, 0.1) is 12.7 Å². The lowest BCUT2D eigenvalue weighted by Gasteiger charge is -2.20. The molecule has 0 amide bonds. The Balaban J connectivity index is 0.000000454. The minimum Gasteiger partial charge on any atom is -0.494 e. The number of halogens is 2. The van der Waals surface area contributed by atoms with Crippen LogP contribution in [0.1, 0.15) is 71.6 Å². The molecule has 3 N–H and O–H groups in total. The quantitative estimate of drug-likeness (QED) is 0.217. The van der Waals surface area contributed by atoms with Crippen LogP contribution in [0.15, 0.2) is 84.9 Å². The third-order valence-corrected chi connectivity index (χ3v) is 5.33. The van der Waals surface area contributed by atoms with E-state index in [1.807, 2.05) is 26.0 Å². The van der Waals surface area contributed by atoms with E-state index in [4.69, 9.17) is 10.5 Å². The summed E-state index contributed by atoms with van der Waals surface area (Å²) in [6.07, 6.45) is 1.77. The summed E-state index contributed by atoms with van der Waals surface area (Å²) in [7, 11) is 0. The zero-order valence-electron chi connectivity index (χ0n) is 23.8. The highest BCUT2D eigenvalue weighted by molar-refractivity contribution is 5.36. The lowest BCUT2D eigenvalue weighted by molar-refractivity contribution is 0.159. The minimum atomic E-state index is -0.581. The maximum absolute atomic E-state index is 13.0. The van der Waals surface area contributed by atoms with Crippen LogP contribution in [-0.4, -0.2) is 11.7 Å². The fourth-order valence-corrected chi connectivity index (χ4v) is 3.37. The highest BCUT2D eigenvalue weighted by Gasteiger charge is 2.15. The van der Waals surface area contributed by atoms with E-state index >= 15 is 0 Å². The SMILES string of the molecule is C=C(C)C(CCC(O)c1ccc(F)cc1)Cc1ccc(OCC)cc1.CC(C)(C)C.Nc1ccc(F)cc1. The van der Waals surface area contributed by atoms with Crippen LogP contribution in [0.3, 0.4) is 0 Å². The molecule has 0 aliphatic carbocycles. The molecule has 3 nitrogen and oxygen atoms in total. The second kappa shape index (κ2) is 16.6. The highest BCUT2D eigenvalue weighted by Crippen LogP contribution is 2.27. The van der Waals surface area contributed by atoms with E-state index in [0.29, 0.717) is 30.0 Å². The average molecular weight is 526 g/mol. The van der Waals surface area contributed by atoms with E-state index in [1.165, 1.54) is 42.0 Å². The Kier molecular flexibility index (Phi) is 14.4. The molecule has 2 atom stereocenters. The topological polar surface area (TPSA) is 55.5 Å². The van der Waals surface area contributed by atoms with Gasteiger partial charge >= 0.3 is 0 Å². The van der Waals surface area contributed by atoms with Crippen molar-refractivity contribution < 1.29 is 18.6 Å². The summed E-state index contributed by atoms with van der Waals surface area (Å²) in [5, 5.41) is 10.3. The highest BCUT2D eigenvalue weighted by atomic mass is 19.1. The number of hydrogen-bond acceptors (Lipinski definition) is 3. The molecule has 0 aromatic heterocycles. The van der Waals surface area contributed by atoms with Gasteiger partial charge in [0.1, 0.15) is 17.4 Å². The molecule has 0 saturated heterocycles. The Morgan fingerprint density at radius 3 is 1.76 bits per heavy atom. The molecule has 2 unspecified atom stereocenters. The maximum atomic E-state index is 13.0. The van der Waals surface area contributed by atoms with E-state index in [-0.39, 0.29) is 11.6 Å². The first kappa shape index (κ1) is 32.8. The number of allylic oxidation sites excluding steroid dienone is 1. The van der Waals surface area contributed by atoms with Crippen molar-refractivity contribution in [2.75, 3.05) is 12.3 Å². The molecular weight excluding hydrogens is 480 g/mol. The number of ether oxygens (including phenoxy) is 1. The first-order valence-electron chi connectivity index (χ1n) is 13.1. The first-order chi connectivity index (χ1) is 17.8. The van der Waals surface area contributed by atoms with Crippen molar-refractivity contribution in [1.82, 2.24) is 0 Å². The fourth-order valence-electron chi connectivity index (χ4n) is 3.37. The van der Waals surface area contributed by atoms with E-state index < -0.39 is 6.10 Å². The molecule has 3 aromatic carbocycles. The van der Waals surface area contributed by atoms with Crippen molar-refractivity contribution in [1.29, 1.82) is 0 Å². The molecule has 208 valence electrons. The summed E-state index contributed by atoms with van der Waals surface area (Å²) in [6.45, 7) is 17.5. The molecule has 0 spiro atoms. The molecule has 0 saturated carbocycles. The van der Waals surface area contributed by atoms with Crippen molar-refractivity contribution in [2.24, 2.45) is 11.3 Å². The second-order valence-electron chi connectivity index (χ2n) is 11.0. The predicted molar refractivity (Wildman–Crippen MR) is 156 cm³/mol. The smallest absolute Gasteiger partial charge is 0.123 e. The number of benzene rings is 3. The van der Waals surface area contributed by atoms with Crippen molar-refractivity contribution >= 4 is 5.69 Å². The molecular formula is C33H45F2NO2. The van der Waals surface area contributed by atoms with Gasteiger partial charge in [0.2, 0.25) is 0 Å². The summed E-state index contributed by atoms with van der Waals surface area (Å²) in [4.78, 5) is 0. The van der Waals surface area contributed by atoms with Crippen LogP contribution in [0.5, 0.6) is 5.75 Å². The molecule has 0 aliphatic heterocycles. The molecule has 0 aliphatic rings. The van der Waals surface area contributed by atoms with Gasteiger partial charge in [0.25, 0.3) is 0 Å². The van der Waals surface area contributed by atoms with Crippen molar-refractivity contribution in [2.45, 2.75) is 66.9 Å². The molecule has 3 rings (SSSR count). The van der Waals surface area contributed by atoms with E-state index in [9.17, 15) is 13.9 Å². The molecule has 3 aromatic rings. The van der Waals surface area contributed by atoms with Crippen molar-refractivity contribution in [3.63, 3.8) is 0 Å². The van der Waals surface area contributed by atoms with Gasteiger partial charge in [-0.25, -0.2) is 8.78 Å². The van der Waals surface area contributed by atoms with Crippen molar-refractivity contribution in [3.8, 4) is 5.75 Å². The largest absolute Gasteiger partial charge is 0.494 e. The maximum Gasteiger partial charge on any atom is 0.123 e. The summed E-state index contributed by atoms with van der Waals surface area (Å²) in [5.41, 5.74) is 9.44. The van der Waals surface area contributed by atoms with Crippen LogP contribution in [0, 0.1) is 23.0 Å². The van der Waals surface area contributed by atoms with E-state index in [2.05, 4.69) is 46.4 Å². The Labute approximate surface area is 228 Å². The number of rotatable bonds is 9. The van der Waals surface area contributed by atoms with Crippen LogP contribution in [0.25, 0.3) is 0 Å². The summed E-state index contributed by atoms with van der Waals surface area (Å²) in [5.74, 6) is 0.642. The zero-order valence-corrected chi connectivity index (χ0v) is 23.8. The van der Waals surface area contributed by atoms with Crippen LogP contribution in [0.2, 0.25) is 0 Å². The molecule has 0 radical (unpaired) electrons. The summed E-state index contributed by atoms with van der Waals surface area (Å²) < 4.78 is 30.5. The van der Waals surface area contributed by atoms with Crippen LogP contribution < -0.4 is 10.5 Å². The molecule has 0 bridgehead atoms. The first-order valence-corrected chi connectivity index (χ1v) is 13.1. The van der Waals surface area contributed by atoms with E-state index in [1.54, 1.807) is 12.1 Å². The van der Waals surface area contributed by atoms with Crippen LogP contribution in [-0.2, 0) is 6.42 Å². The number of nitrogen functional groups attached to an aromatic ring is 1. The molecule has 0 heterocycles. The third kappa shape index (κ3) is 15.2. The van der Waals surface area contributed by atoms with Gasteiger partial charge in [-0.15, -0.1) is 0 Å². The number of aliphatic hydroxyl groups excluding tert-OH is 1. The molecule has 5 heteroatoms. The van der Waals surface area contributed by atoms with Gasteiger partial charge in [-0.05, 0) is 104 Å². The summed E-state index contributed by atoms with van der Waals surface area (Å²) in [6, 6.07) is 19.9. The number of anilines is 1. The lowest BCUT2D eigenvalue weighted by Crippen LogP contribution is -2.09. The minimum absolute atomic E-state index is 0.251. The van der Waals surface area contributed by atoms with Crippen molar-refractivity contribution in [3.05, 3.63) is 108 Å². The summed E-state index contributed by atoms with van der Waals surface area (Å²) >= 11 is 0. The van der Waals surface area contributed by atoms with Crippen LogP contribution in [0.4, 0.5) is 14.5 Å². The Hall–Kier alpha value is -3.18. The second-order valence-corrected chi connectivity index (χ2v) is 11.0. The third-order valence-electron chi connectivity index (χ3n) is 5.33. The fraction of sp³-hybridized carbons (Fsp3) is 0.394. The van der Waals surface area contributed by atoms with Gasteiger partial charge in [-0.3, -0.25) is 0 Å². The predicted octanol–water partition coefficient (Wildman–Crippen LogP) is 8.93. The van der Waals surface area contributed by atoms with Crippen LogP contribution >= 0.6 is 0 Å². The molecule has 0 fully saturated rings. The standard InChI is InChI=1S/C22H27FO2.C6H6FN.C5H12/c1-4-25-21-12-5-17(6-13-21)15-19(16(2)3)9-14-22(24)18-7-10-20(23)11-8-18;7-5-1-3-6(8)4-2-5;1-5(2,3)4/h5-8,10-13,19,22,24H,2,4,9,14-15H2,1,3H3;1-4H,8H2;1-4H3. The van der Waals surface area contributed by atoms with Gasteiger partial charge in [0, 0.05) is 5.69 Å². The van der Waals surface area contributed by atoms with Gasteiger partial charge in [0.15, 0.2) is 0 Å². The lowest BCUT2D eigenvalue weighted by atomic mass is 9.87. The zero-order chi connectivity index (χ0) is 28.7. The van der Waals surface area contributed by atoms with Gasteiger partial charge < -0.3 is 15.6 Å².